The SMILES string of the molecule is CCC(/C=N/NC(=O)Cc1nc2ccccc2n1C)CC. The molecule has 112 valence electrons. The molecule has 0 saturated carbocycles. The number of hydrogen-bond acceptors (Lipinski definition) is 3. The topological polar surface area (TPSA) is 59.3 Å². The van der Waals surface area contributed by atoms with E-state index in [9.17, 15) is 4.79 Å². The summed E-state index contributed by atoms with van der Waals surface area (Å²) in [6.45, 7) is 4.23. The van der Waals surface area contributed by atoms with Gasteiger partial charge in [-0.1, -0.05) is 26.0 Å². The van der Waals surface area contributed by atoms with E-state index in [1.807, 2.05) is 42.1 Å². The Morgan fingerprint density at radius 1 is 1.38 bits per heavy atom. The summed E-state index contributed by atoms with van der Waals surface area (Å²) < 4.78 is 1.94. The highest BCUT2D eigenvalue weighted by Gasteiger charge is 2.11. The summed E-state index contributed by atoms with van der Waals surface area (Å²) in [6.07, 6.45) is 4.10. The van der Waals surface area contributed by atoms with Crippen molar-refractivity contribution in [3.05, 3.63) is 30.1 Å². The summed E-state index contributed by atoms with van der Waals surface area (Å²) in [7, 11) is 1.92. The standard InChI is InChI=1S/C16H22N4O/c1-4-12(5-2)11-17-19-16(21)10-15-18-13-8-6-7-9-14(13)20(15)3/h6-9,11-12H,4-5,10H2,1-3H3,(H,19,21)/b17-11+. The fourth-order valence-electron chi connectivity index (χ4n) is 2.25. The third-order valence-electron chi connectivity index (χ3n) is 3.72. The number of carbonyl (C=O) groups excluding carboxylic acids is 1. The van der Waals surface area contributed by atoms with E-state index in [0.29, 0.717) is 5.92 Å². The molecule has 0 unspecified atom stereocenters. The molecule has 0 spiro atoms. The van der Waals surface area contributed by atoms with Crippen LogP contribution in [0.3, 0.4) is 0 Å². The second kappa shape index (κ2) is 7.02. The minimum Gasteiger partial charge on any atom is -0.331 e. The summed E-state index contributed by atoms with van der Waals surface area (Å²) in [5.74, 6) is 1.02. The van der Waals surface area contributed by atoms with Gasteiger partial charge < -0.3 is 4.57 Å². The van der Waals surface area contributed by atoms with Gasteiger partial charge >= 0.3 is 0 Å². The van der Waals surface area contributed by atoms with E-state index in [-0.39, 0.29) is 12.3 Å². The second-order valence-corrected chi connectivity index (χ2v) is 5.14. The van der Waals surface area contributed by atoms with E-state index >= 15 is 0 Å². The lowest BCUT2D eigenvalue weighted by molar-refractivity contribution is -0.120. The van der Waals surface area contributed by atoms with Crippen LogP contribution in [-0.2, 0) is 18.3 Å². The van der Waals surface area contributed by atoms with Crippen molar-refractivity contribution in [1.82, 2.24) is 15.0 Å². The van der Waals surface area contributed by atoms with Gasteiger partial charge in [-0.3, -0.25) is 4.79 Å². The van der Waals surface area contributed by atoms with Crippen molar-refractivity contribution < 1.29 is 4.79 Å². The molecule has 21 heavy (non-hydrogen) atoms. The molecule has 0 aliphatic heterocycles. The summed E-state index contributed by atoms with van der Waals surface area (Å²) in [5, 5.41) is 4.03. The maximum Gasteiger partial charge on any atom is 0.247 e. The first-order chi connectivity index (χ1) is 10.2. The molecule has 5 nitrogen and oxygen atoms in total. The predicted octanol–water partition coefficient (Wildman–Crippen LogP) is 2.65. The van der Waals surface area contributed by atoms with Crippen LogP contribution in [0.25, 0.3) is 11.0 Å². The van der Waals surface area contributed by atoms with Crippen LogP contribution in [0.1, 0.15) is 32.5 Å². The largest absolute Gasteiger partial charge is 0.331 e. The summed E-state index contributed by atoms with van der Waals surface area (Å²) in [6, 6.07) is 7.85. The number of hydrogen-bond donors (Lipinski definition) is 1. The van der Waals surface area contributed by atoms with Crippen molar-refractivity contribution in [2.75, 3.05) is 0 Å². The zero-order valence-electron chi connectivity index (χ0n) is 12.8. The highest BCUT2D eigenvalue weighted by Crippen LogP contribution is 2.14. The Balaban J connectivity index is 2.00. The van der Waals surface area contributed by atoms with Crippen LogP contribution in [0, 0.1) is 5.92 Å². The molecule has 1 amide bonds. The van der Waals surface area contributed by atoms with Crippen LogP contribution in [-0.4, -0.2) is 21.7 Å². The van der Waals surface area contributed by atoms with Gasteiger partial charge in [-0.25, -0.2) is 10.4 Å². The summed E-state index contributed by atoms with van der Waals surface area (Å²) in [4.78, 5) is 16.4. The molecule has 0 aliphatic rings. The quantitative estimate of drug-likeness (QED) is 0.655. The van der Waals surface area contributed by atoms with Gasteiger partial charge in [0.05, 0.1) is 17.5 Å². The van der Waals surface area contributed by atoms with E-state index in [1.54, 1.807) is 0 Å². The second-order valence-electron chi connectivity index (χ2n) is 5.14. The van der Waals surface area contributed by atoms with Crippen LogP contribution in [0.4, 0.5) is 0 Å². The number of rotatable bonds is 6. The fourth-order valence-corrected chi connectivity index (χ4v) is 2.25. The molecule has 0 fully saturated rings. The van der Waals surface area contributed by atoms with E-state index in [0.717, 1.165) is 29.7 Å². The molecule has 1 aromatic carbocycles. The third-order valence-corrected chi connectivity index (χ3v) is 3.72. The number of benzene rings is 1. The molecule has 2 rings (SSSR count). The van der Waals surface area contributed by atoms with Gasteiger partial charge in [0.2, 0.25) is 5.91 Å². The minimum atomic E-state index is -0.143. The molecule has 1 aromatic heterocycles. The Kier molecular flexibility index (Phi) is 5.09. The lowest BCUT2D eigenvalue weighted by atomic mass is 10.1. The highest BCUT2D eigenvalue weighted by molar-refractivity contribution is 5.81. The van der Waals surface area contributed by atoms with E-state index < -0.39 is 0 Å². The Labute approximate surface area is 125 Å². The van der Waals surface area contributed by atoms with Gasteiger partial charge in [0.1, 0.15) is 5.82 Å². The fraction of sp³-hybridized carbons (Fsp3) is 0.438. The van der Waals surface area contributed by atoms with Crippen LogP contribution in [0.2, 0.25) is 0 Å². The average Bonchev–Trinajstić information content (AvgIpc) is 2.80. The zero-order valence-corrected chi connectivity index (χ0v) is 12.8. The van der Waals surface area contributed by atoms with Crippen LogP contribution < -0.4 is 5.43 Å². The van der Waals surface area contributed by atoms with Crippen molar-refractivity contribution in [2.45, 2.75) is 33.1 Å². The lowest BCUT2D eigenvalue weighted by Crippen LogP contribution is -2.22. The predicted molar refractivity (Wildman–Crippen MR) is 85.1 cm³/mol. The maximum atomic E-state index is 11.9. The Morgan fingerprint density at radius 2 is 2.10 bits per heavy atom. The Bertz CT molecular complexity index is 641. The Morgan fingerprint density at radius 3 is 2.76 bits per heavy atom. The van der Waals surface area contributed by atoms with E-state index in [4.69, 9.17) is 0 Å². The van der Waals surface area contributed by atoms with E-state index in [1.165, 1.54) is 0 Å². The first-order valence-electron chi connectivity index (χ1n) is 7.38. The molecule has 0 atom stereocenters. The summed E-state index contributed by atoms with van der Waals surface area (Å²) >= 11 is 0. The zero-order chi connectivity index (χ0) is 15.2. The van der Waals surface area contributed by atoms with Gasteiger partial charge in [-0.15, -0.1) is 0 Å². The number of aryl methyl sites for hydroxylation is 1. The van der Waals surface area contributed by atoms with Crippen molar-refractivity contribution in [2.24, 2.45) is 18.1 Å². The number of imidazole rings is 1. The third kappa shape index (κ3) is 3.68. The number of para-hydroxylation sites is 2. The number of aromatic nitrogens is 2. The molecule has 0 bridgehead atoms. The monoisotopic (exact) mass is 286 g/mol. The minimum absolute atomic E-state index is 0.143. The molecule has 0 radical (unpaired) electrons. The van der Waals surface area contributed by atoms with Crippen molar-refractivity contribution in [1.29, 1.82) is 0 Å². The summed E-state index contributed by atoms with van der Waals surface area (Å²) in [5.41, 5.74) is 4.51. The van der Waals surface area contributed by atoms with Gasteiger partial charge in [0, 0.05) is 13.3 Å². The Hall–Kier alpha value is -2.17. The van der Waals surface area contributed by atoms with Gasteiger partial charge in [-0.05, 0) is 30.9 Å². The molecule has 1 N–H and O–H groups in total. The molecule has 5 heteroatoms. The number of amides is 1. The molecule has 0 saturated heterocycles. The molecule has 1 heterocycles. The highest BCUT2D eigenvalue weighted by atomic mass is 16.2. The van der Waals surface area contributed by atoms with Crippen LogP contribution in [0.5, 0.6) is 0 Å². The van der Waals surface area contributed by atoms with Crippen molar-refractivity contribution in [3.63, 3.8) is 0 Å². The normalized spacial score (nSPS) is 11.6. The van der Waals surface area contributed by atoms with Crippen LogP contribution in [0.15, 0.2) is 29.4 Å². The smallest absolute Gasteiger partial charge is 0.247 e. The average molecular weight is 286 g/mol. The van der Waals surface area contributed by atoms with Gasteiger partial charge in [0.25, 0.3) is 0 Å². The van der Waals surface area contributed by atoms with Crippen LogP contribution >= 0.6 is 0 Å². The number of nitrogens with zero attached hydrogens (tertiary/aromatic N) is 3. The maximum absolute atomic E-state index is 11.9. The number of nitrogens with one attached hydrogen (secondary N) is 1. The first kappa shape index (κ1) is 15.2. The number of carbonyl (C=O) groups is 1. The molecule has 2 aromatic rings. The van der Waals surface area contributed by atoms with Gasteiger partial charge in [0.15, 0.2) is 0 Å². The number of fused-ring (bicyclic) bond motifs is 1. The molecule has 0 aliphatic carbocycles. The molecular formula is C16H22N4O. The number of hydrazone groups is 1. The molecular weight excluding hydrogens is 264 g/mol. The lowest BCUT2D eigenvalue weighted by Gasteiger charge is -2.05. The first-order valence-corrected chi connectivity index (χ1v) is 7.38. The van der Waals surface area contributed by atoms with E-state index in [2.05, 4.69) is 29.4 Å². The van der Waals surface area contributed by atoms with Crippen molar-refractivity contribution in [3.8, 4) is 0 Å². The van der Waals surface area contributed by atoms with Gasteiger partial charge in [-0.2, -0.15) is 5.10 Å². The van der Waals surface area contributed by atoms with Crippen molar-refractivity contribution >= 4 is 23.2 Å².